The van der Waals surface area contributed by atoms with Gasteiger partial charge in [0.1, 0.15) is 11.5 Å². The van der Waals surface area contributed by atoms with E-state index in [1.165, 1.54) is 14.2 Å². The summed E-state index contributed by atoms with van der Waals surface area (Å²) in [7, 11) is 4.09. The Morgan fingerprint density at radius 3 is 2.35 bits per heavy atom. The predicted molar refractivity (Wildman–Crippen MR) is 60.2 cm³/mol. The lowest BCUT2D eigenvalue weighted by molar-refractivity contribution is -0.150. The molecule has 0 unspecified atom stereocenters. The van der Waals surface area contributed by atoms with Crippen molar-refractivity contribution >= 4 is 17.6 Å². The van der Waals surface area contributed by atoms with Gasteiger partial charge in [0.25, 0.3) is 0 Å². The van der Waals surface area contributed by atoms with Gasteiger partial charge in [-0.3, -0.25) is 4.79 Å². The zero-order valence-electron chi connectivity index (χ0n) is 9.77. The first-order valence-corrected chi connectivity index (χ1v) is 4.73. The number of hydrogen-bond donors (Lipinski definition) is 1. The summed E-state index contributed by atoms with van der Waals surface area (Å²) in [6.45, 7) is 0. The molecule has 0 aromatic heterocycles. The van der Waals surface area contributed by atoms with E-state index in [2.05, 4.69) is 10.1 Å². The molecule has 0 aliphatic heterocycles. The minimum atomic E-state index is -0.970. The highest BCUT2D eigenvalue weighted by molar-refractivity contribution is 6.37. The summed E-state index contributed by atoms with van der Waals surface area (Å²) in [5, 5.41) is 2.37. The molecule has 0 bridgehead atoms. The number of hydrogen-bond acceptors (Lipinski definition) is 5. The SMILES string of the molecule is COC(=O)C(=O)Nc1ccc(OC)cc1OC. The number of carbonyl (C=O) groups excluding carboxylic acids is 2. The fourth-order valence-corrected chi connectivity index (χ4v) is 1.17. The number of anilines is 1. The molecule has 6 heteroatoms. The maximum atomic E-state index is 11.3. The van der Waals surface area contributed by atoms with Gasteiger partial charge in [-0.15, -0.1) is 0 Å². The first kappa shape index (κ1) is 12.8. The van der Waals surface area contributed by atoms with Crippen LogP contribution in [0.5, 0.6) is 11.5 Å². The Morgan fingerprint density at radius 1 is 1.12 bits per heavy atom. The highest BCUT2D eigenvalue weighted by Gasteiger charge is 2.16. The smallest absolute Gasteiger partial charge is 0.396 e. The number of carbonyl (C=O) groups is 2. The Labute approximate surface area is 98.5 Å². The molecule has 17 heavy (non-hydrogen) atoms. The zero-order valence-corrected chi connectivity index (χ0v) is 9.77. The molecule has 0 saturated heterocycles. The van der Waals surface area contributed by atoms with Gasteiger partial charge in [0.05, 0.1) is 27.0 Å². The quantitative estimate of drug-likeness (QED) is 0.624. The van der Waals surface area contributed by atoms with Crippen molar-refractivity contribution in [3.63, 3.8) is 0 Å². The normalized spacial score (nSPS) is 9.35. The van der Waals surface area contributed by atoms with Crippen LogP contribution in [0.25, 0.3) is 0 Å². The molecule has 1 aromatic rings. The van der Waals surface area contributed by atoms with Crippen LogP contribution in [-0.4, -0.2) is 33.2 Å². The fourth-order valence-electron chi connectivity index (χ4n) is 1.17. The molecular weight excluding hydrogens is 226 g/mol. The zero-order chi connectivity index (χ0) is 12.8. The van der Waals surface area contributed by atoms with Crippen LogP contribution in [0.3, 0.4) is 0 Å². The van der Waals surface area contributed by atoms with Gasteiger partial charge >= 0.3 is 11.9 Å². The number of methoxy groups -OCH3 is 3. The Bertz CT molecular complexity index is 430. The lowest BCUT2D eigenvalue weighted by atomic mass is 10.2. The molecule has 1 rings (SSSR count). The number of esters is 1. The second-order valence-corrected chi connectivity index (χ2v) is 3.01. The van der Waals surface area contributed by atoms with E-state index in [4.69, 9.17) is 9.47 Å². The Kier molecular flexibility index (Phi) is 4.33. The highest BCUT2D eigenvalue weighted by atomic mass is 16.5. The van der Waals surface area contributed by atoms with Gasteiger partial charge in [0.15, 0.2) is 0 Å². The minimum Gasteiger partial charge on any atom is -0.497 e. The van der Waals surface area contributed by atoms with Crippen LogP contribution in [-0.2, 0) is 14.3 Å². The van der Waals surface area contributed by atoms with E-state index >= 15 is 0 Å². The first-order chi connectivity index (χ1) is 8.12. The lowest BCUT2D eigenvalue weighted by Crippen LogP contribution is -2.24. The molecule has 0 radical (unpaired) electrons. The molecule has 6 nitrogen and oxygen atoms in total. The first-order valence-electron chi connectivity index (χ1n) is 4.73. The van der Waals surface area contributed by atoms with Crippen LogP contribution < -0.4 is 14.8 Å². The standard InChI is InChI=1S/C11H13NO5/c1-15-7-4-5-8(9(6-7)16-2)12-10(13)11(14)17-3/h4-6H,1-3H3,(H,12,13). The van der Waals surface area contributed by atoms with Gasteiger partial charge in [-0.25, -0.2) is 4.79 Å². The third-order valence-corrected chi connectivity index (χ3v) is 2.03. The molecule has 0 heterocycles. The largest absolute Gasteiger partial charge is 0.497 e. The lowest BCUT2D eigenvalue weighted by Gasteiger charge is -2.10. The molecule has 1 aromatic carbocycles. The van der Waals surface area contributed by atoms with Crippen LogP contribution in [0.4, 0.5) is 5.69 Å². The second kappa shape index (κ2) is 5.74. The van der Waals surface area contributed by atoms with E-state index in [9.17, 15) is 9.59 Å². The third-order valence-electron chi connectivity index (χ3n) is 2.03. The van der Waals surface area contributed by atoms with Gasteiger partial charge in [0.2, 0.25) is 0 Å². The average Bonchev–Trinajstić information content (AvgIpc) is 2.37. The topological polar surface area (TPSA) is 73.9 Å². The van der Waals surface area contributed by atoms with Crippen molar-refractivity contribution < 1.29 is 23.8 Å². The molecule has 0 aliphatic rings. The van der Waals surface area contributed by atoms with Crippen molar-refractivity contribution in [2.24, 2.45) is 0 Å². The molecular formula is C11H13NO5. The fraction of sp³-hybridized carbons (Fsp3) is 0.273. The molecule has 0 saturated carbocycles. The summed E-state index contributed by atoms with van der Waals surface area (Å²) in [5.74, 6) is -0.863. The van der Waals surface area contributed by atoms with Crippen molar-refractivity contribution in [3.8, 4) is 11.5 Å². The van der Waals surface area contributed by atoms with Crippen LogP contribution >= 0.6 is 0 Å². The number of amides is 1. The van der Waals surface area contributed by atoms with Crippen LogP contribution in [0.1, 0.15) is 0 Å². The summed E-state index contributed by atoms with van der Waals surface area (Å²) in [5.41, 5.74) is 0.365. The van der Waals surface area contributed by atoms with Gasteiger partial charge < -0.3 is 19.5 Å². The van der Waals surface area contributed by atoms with Gasteiger partial charge in [0, 0.05) is 6.07 Å². The van der Waals surface area contributed by atoms with Gasteiger partial charge in [-0.2, -0.15) is 0 Å². The Hall–Kier alpha value is -2.24. The summed E-state index contributed by atoms with van der Waals surface area (Å²) in [6, 6.07) is 4.79. The van der Waals surface area contributed by atoms with Gasteiger partial charge in [-0.1, -0.05) is 0 Å². The van der Waals surface area contributed by atoms with E-state index in [-0.39, 0.29) is 0 Å². The Morgan fingerprint density at radius 2 is 1.82 bits per heavy atom. The minimum absolute atomic E-state index is 0.365. The van der Waals surface area contributed by atoms with Crippen LogP contribution in [0, 0.1) is 0 Å². The van der Waals surface area contributed by atoms with E-state index < -0.39 is 11.9 Å². The van der Waals surface area contributed by atoms with Crippen molar-refractivity contribution in [3.05, 3.63) is 18.2 Å². The highest BCUT2D eigenvalue weighted by Crippen LogP contribution is 2.28. The average molecular weight is 239 g/mol. The molecule has 0 aliphatic carbocycles. The van der Waals surface area contributed by atoms with Crippen LogP contribution in [0.2, 0.25) is 0 Å². The summed E-state index contributed by atoms with van der Waals surface area (Å²) in [6.07, 6.45) is 0. The van der Waals surface area contributed by atoms with Crippen molar-refractivity contribution in [1.29, 1.82) is 0 Å². The number of ether oxygens (including phenoxy) is 3. The predicted octanol–water partition coefficient (Wildman–Crippen LogP) is 0.815. The molecule has 1 amide bonds. The van der Waals surface area contributed by atoms with Gasteiger partial charge in [-0.05, 0) is 12.1 Å². The maximum Gasteiger partial charge on any atom is 0.396 e. The molecule has 0 spiro atoms. The number of rotatable bonds is 3. The monoisotopic (exact) mass is 239 g/mol. The van der Waals surface area contributed by atoms with Crippen molar-refractivity contribution in [1.82, 2.24) is 0 Å². The van der Waals surface area contributed by atoms with E-state index in [1.807, 2.05) is 0 Å². The number of nitrogens with one attached hydrogen (secondary N) is 1. The third kappa shape index (κ3) is 3.10. The number of benzene rings is 1. The molecule has 0 fully saturated rings. The molecule has 0 atom stereocenters. The van der Waals surface area contributed by atoms with Crippen LogP contribution in [0.15, 0.2) is 18.2 Å². The second-order valence-electron chi connectivity index (χ2n) is 3.01. The van der Waals surface area contributed by atoms with Crippen molar-refractivity contribution in [2.45, 2.75) is 0 Å². The molecule has 1 N–H and O–H groups in total. The molecule has 92 valence electrons. The van der Waals surface area contributed by atoms with E-state index in [0.29, 0.717) is 17.2 Å². The van der Waals surface area contributed by atoms with Crippen molar-refractivity contribution in [2.75, 3.05) is 26.6 Å². The van der Waals surface area contributed by atoms with E-state index in [0.717, 1.165) is 7.11 Å². The van der Waals surface area contributed by atoms with E-state index in [1.54, 1.807) is 18.2 Å². The maximum absolute atomic E-state index is 11.3. The summed E-state index contributed by atoms with van der Waals surface area (Å²) >= 11 is 0. The summed E-state index contributed by atoms with van der Waals surface area (Å²) in [4.78, 5) is 22.2. The summed E-state index contributed by atoms with van der Waals surface area (Å²) < 4.78 is 14.3. The Balaban J connectivity index is 2.91.